The Balaban J connectivity index is 3.21. The van der Waals surface area contributed by atoms with Crippen LogP contribution in [0.4, 0.5) is 0 Å². The number of aliphatic hydroxyl groups is 2. The first-order valence-electron chi connectivity index (χ1n) is 6.56. The molecule has 0 aromatic rings. The molecule has 2 N–H and O–H groups in total. The van der Waals surface area contributed by atoms with Gasteiger partial charge in [-0.05, 0) is 25.7 Å². The molecule has 0 bridgehead atoms. The number of hydrogen-bond donors (Lipinski definition) is 2. The van der Waals surface area contributed by atoms with Crippen molar-refractivity contribution < 1.29 is 10.2 Å². The molecule has 2 atom stereocenters. The van der Waals surface area contributed by atoms with Crippen LogP contribution in [0.2, 0.25) is 0 Å². The van der Waals surface area contributed by atoms with Gasteiger partial charge in [0.15, 0.2) is 0 Å². The summed E-state index contributed by atoms with van der Waals surface area (Å²) >= 11 is 0. The Morgan fingerprint density at radius 3 is 1.93 bits per heavy atom. The zero-order valence-electron chi connectivity index (χ0n) is 10.4. The molecule has 0 saturated carbocycles. The topological polar surface area (TPSA) is 40.5 Å². The highest BCUT2D eigenvalue weighted by Gasteiger charge is 2.07. The van der Waals surface area contributed by atoms with E-state index in [9.17, 15) is 10.2 Å². The van der Waals surface area contributed by atoms with Crippen molar-refractivity contribution in [3.8, 4) is 0 Å². The summed E-state index contributed by atoms with van der Waals surface area (Å²) in [6.45, 7) is 4.18. The van der Waals surface area contributed by atoms with Crippen LogP contribution in [0.25, 0.3) is 0 Å². The Morgan fingerprint density at radius 1 is 0.733 bits per heavy atom. The second kappa shape index (κ2) is 10.4. The third-order valence-electron chi connectivity index (χ3n) is 2.95. The van der Waals surface area contributed by atoms with E-state index in [0.717, 1.165) is 32.1 Å². The van der Waals surface area contributed by atoms with Crippen molar-refractivity contribution >= 4 is 0 Å². The van der Waals surface area contributed by atoms with Crippen LogP contribution in [0, 0.1) is 0 Å². The largest absolute Gasteiger partial charge is 0.393 e. The highest BCUT2D eigenvalue weighted by atomic mass is 16.3. The van der Waals surface area contributed by atoms with Gasteiger partial charge in [0.25, 0.3) is 0 Å². The first-order chi connectivity index (χ1) is 7.20. The Kier molecular flexibility index (Phi) is 10.4. The maximum Gasteiger partial charge on any atom is 0.0541 e. The molecule has 0 saturated heterocycles. The fourth-order valence-electron chi connectivity index (χ4n) is 1.72. The monoisotopic (exact) mass is 216 g/mol. The molecule has 2 heteroatoms. The van der Waals surface area contributed by atoms with Gasteiger partial charge in [0, 0.05) is 0 Å². The van der Waals surface area contributed by atoms with Gasteiger partial charge < -0.3 is 10.2 Å². The molecular formula is C13H28O2. The zero-order valence-corrected chi connectivity index (χ0v) is 10.4. The van der Waals surface area contributed by atoms with E-state index < -0.39 is 0 Å². The van der Waals surface area contributed by atoms with E-state index in [0.29, 0.717) is 0 Å². The molecule has 0 spiro atoms. The van der Waals surface area contributed by atoms with Gasteiger partial charge in [0.05, 0.1) is 12.2 Å². The highest BCUT2D eigenvalue weighted by Crippen LogP contribution is 2.12. The van der Waals surface area contributed by atoms with Crippen molar-refractivity contribution in [3.63, 3.8) is 0 Å². The summed E-state index contributed by atoms with van der Waals surface area (Å²) in [7, 11) is 0. The fourth-order valence-corrected chi connectivity index (χ4v) is 1.72. The molecule has 0 heterocycles. The average Bonchev–Trinajstić information content (AvgIpc) is 2.25. The molecule has 0 rings (SSSR count). The van der Waals surface area contributed by atoms with Crippen LogP contribution in [0.15, 0.2) is 0 Å². The summed E-state index contributed by atoms with van der Waals surface area (Å²) in [6, 6.07) is 0. The molecule has 2 nitrogen and oxygen atoms in total. The Labute approximate surface area is 94.7 Å². The normalized spacial score (nSPS) is 15.2. The second-order valence-electron chi connectivity index (χ2n) is 4.50. The molecule has 0 fully saturated rings. The van der Waals surface area contributed by atoms with Crippen LogP contribution in [0.1, 0.15) is 71.6 Å². The average molecular weight is 216 g/mol. The van der Waals surface area contributed by atoms with Crippen LogP contribution < -0.4 is 0 Å². The van der Waals surface area contributed by atoms with Gasteiger partial charge in [0.2, 0.25) is 0 Å². The molecule has 2 unspecified atom stereocenters. The molecular weight excluding hydrogens is 188 g/mol. The quantitative estimate of drug-likeness (QED) is 0.550. The van der Waals surface area contributed by atoms with E-state index in [1.165, 1.54) is 25.7 Å². The van der Waals surface area contributed by atoms with Crippen LogP contribution >= 0.6 is 0 Å². The van der Waals surface area contributed by atoms with Gasteiger partial charge >= 0.3 is 0 Å². The molecule has 0 aliphatic rings. The van der Waals surface area contributed by atoms with Crippen LogP contribution in [-0.4, -0.2) is 22.4 Å². The van der Waals surface area contributed by atoms with Gasteiger partial charge in [0.1, 0.15) is 0 Å². The van der Waals surface area contributed by atoms with Crippen molar-refractivity contribution in [1.82, 2.24) is 0 Å². The summed E-state index contributed by atoms with van der Waals surface area (Å²) in [4.78, 5) is 0. The number of aliphatic hydroxyl groups excluding tert-OH is 2. The van der Waals surface area contributed by atoms with Gasteiger partial charge in [-0.2, -0.15) is 0 Å². The SMILES string of the molecule is CCCCCCCC(O)CCC(O)CC. The van der Waals surface area contributed by atoms with Crippen molar-refractivity contribution in [2.24, 2.45) is 0 Å². The lowest BCUT2D eigenvalue weighted by molar-refractivity contribution is 0.105. The van der Waals surface area contributed by atoms with Crippen LogP contribution in [-0.2, 0) is 0 Å². The smallest absolute Gasteiger partial charge is 0.0541 e. The second-order valence-corrected chi connectivity index (χ2v) is 4.50. The third kappa shape index (κ3) is 10.2. The Bertz CT molecular complexity index is 126. The maximum atomic E-state index is 9.64. The molecule has 0 aliphatic heterocycles. The molecule has 0 amide bonds. The summed E-state index contributed by atoms with van der Waals surface area (Å²) in [5.74, 6) is 0. The van der Waals surface area contributed by atoms with Crippen LogP contribution in [0.3, 0.4) is 0 Å². The van der Waals surface area contributed by atoms with Gasteiger partial charge in [-0.1, -0.05) is 46.0 Å². The summed E-state index contributed by atoms with van der Waals surface area (Å²) in [6.07, 6.45) is 9.01. The van der Waals surface area contributed by atoms with E-state index in [1.807, 2.05) is 6.92 Å². The predicted octanol–water partition coefficient (Wildman–Crippen LogP) is 3.26. The van der Waals surface area contributed by atoms with E-state index in [-0.39, 0.29) is 12.2 Å². The minimum atomic E-state index is -0.222. The fraction of sp³-hybridized carbons (Fsp3) is 1.00. The lowest BCUT2D eigenvalue weighted by atomic mass is 10.0. The van der Waals surface area contributed by atoms with E-state index in [4.69, 9.17) is 0 Å². The van der Waals surface area contributed by atoms with Gasteiger partial charge in [-0.3, -0.25) is 0 Å². The van der Waals surface area contributed by atoms with Crippen LogP contribution in [0.5, 0.6) is 0 Å². The molecule has 0 aromatic heterocycles. The lowest BCUT2D eigenvalue weighted by Gasteiger charge is -2.12. The van der Waals surface area contributed by atoms with Crippen molar-refractivity contribution in [2.75, 3.05) is 0 Å². The summed E-state index contributed by atoms with van der Waals surface area (Å²) in [5.41, 5.74) is 0. The minimum Gasteiger partial charge on any atom is -0.393 e. The maximum absolute atomic E-state index is 9.64. The summed E-state index contributed by atoms with van der Waals surface area (Å²) < 4.78 is 0. The van der Waals surface area contributed by atoms with E-state index >= 15 is 0 Å². The Morgan fingerprint density at radius 2 is 1.33 bits per heavy atom. The van der Waals surface area contributed by atoms with E-state index in [1.54, 1.807) is 0 Å². The lowest BCUT2D eigenvalue weighted by Crippen LogP contribution is -2.12. The standard InChI is InChI=1S/C13H28O2/c1-3-5-6-7-8-9-13(15)11-10-12(14)4-2/h12-15H,3-11H2,1-2H3. The minimum absolute atomic E-state index is 0.201. The molecule has 0 aliphatic carbocycles. The molecule has 15 heavy (non-hydrogen) atoms. The van der Waals surface area contributed by atoms with Gasteiger partial charge in [-0.15, -0.1) is 0 Å². The predicted molar refractivity (Wildman–Crippen MR) is 64.9 cm³/mol. The number of hydrogen-bond acceptors (Lipinski definition) is 2. The van der Waals surface area contributed by atoms with E-state index in [2.05, 4.69) is 6.92 Å². The van der Waals surface area contributed by atoms with Crippen molar-refractivity contribution in [1.29, 1.82) is 0 Å². The molecule has 0 aromatic carbocycles. The summed E-state index contributed by atoms with van der Waals surface area (Å²) in [5, 5.41) is 19.0. The van der Waals surface area contributed by atoms with Gasteiger partial charge in [-0.25, -0.2) is 0 Å². The van der Waals surface area contributed by atoms with Crippen molar-refractivity contribution in [3.05, 3.63) is 0 Å². The Hall–Kier alpha value is -0.0800. The first kappa shape index (κ1) is 14.9. The molecule has 0 radical (unpaired) electrons. The zero-order chi connectivity index (χ0) is 11.5. The van der Waals surface area contributed by atoms with Crippen molar-refractivity contribution in [2.45, 2.75) is 83.8 Å². The first-order valence-corrected chi connectivity index (χ1v) is 6.56. The third-order valence-corrected chi connectivity index (χ3v) is 2.95. The number of unbranched alkanes of at least 4 members (excludes halogenated alkanes) is 4. The molecule has 92 valence electrons. The highest BCUT2D eigenvalue weighted by molar-refractivity contribution is 4.60. The number of rotatable bonds is 10.